The van der Waals surface area contributed by atoms with Crippen LogP contribution in [0.2, 0.25) is 10.0 Å². The number of anilines is 1. The summed E-state index contributed by atoms with van der Waals surface area (Å²) in [7, 11) is 0. The van der Waals surface area contributed by atoms with Crippen LogP contribution in [0.15, 0.2) is 40.9 Å². The summed E-state index contributed by atoms with van der Waals surface area (Å²) in [4.78, 5) is 26.6. The molecule has 0 amide bonds. The summed E-state index contributed by atoms with van der Waals surface area (Å²) in [6.07, 6.45) is -1.68. The van der Waals surface area contributed by atoms with Crippen LogP contribution >= 0.6 is 23.2 Å². The van der Waals surface area contributed by atoms with Crippen molar-refractivity contribution in [2.45, 2.75) is 68.8 Å². The highest BCUT2D eigenvalue weighted by Gasteiger charge is 2.46. The fourth-order valence-electron chi connectivity index (χ4n) is 5.97. The number of esters is 1. The molecule has 0 radical (unpaired) electrons. The Labute approximate surface area is 236 Å². The number of piperidine rings is 1. The third-order valence-electron chi connectivity index (χ3n) is 7.86. The fourth-order valence-corrected chi connectivity index (χ4v) is 6.54. The van der Waals surface area contributed by atoms with Crippen molar-refractivity contribution in [3.05, 3.63) is 68.9 Å². The molecule has 2 bridgehead atoms. The lowest BCUT2D eigenvalue weighted by Gasteiger charge is -2.41. The van der Waals surface area contributed by atoms with Crippen LogP contribution in [0.25, 0.3) is 11.3 Å². The number of carboxylic acid groups (broad SMARTS) is 1. The zero-order chi connectivity index (χ0) is 28.3. The lowest BCUT2D eigenvalue weighted by molar-refractivity contribution is -0.137. The molecule has 12 heteroatoms. The van der Waals surface area contributed by atoms with Crippen molar-refractivity contribution in [1.82, 2.24) is 5.16 Å². The SMILES string of the molecule is O=C(O)c1ccc(N2C3CCC2CC(OC(=O)c2c(-c4c(Cl)cccc4Cl)noc2C2CC2)C3)c(C(F)(F)F)c1. The Morgan fingerprint density at radius 3 is 2.25 bits per heavy atom. The van der Waals surface area contributed by atoms with Gasteiger partial charge in [-0.1, -0.05) is 34.4 Å². The number of fused-ring (bicyclic) bond motifs is 2. The zero-order valence-electron chi connectivity index (χ0n) is 20.9. The first-order valence-electron chi connectivity index (χ1n) is 12.9. The third kappa shape index (κ3) is 4.81. The number of carboxylic acids is 1. The molecule has 1 N–H and O–H groups in total. The maximum absolute atomic E-state index is 13.9. The quantitative estimate of drug-likeness (QED) is 0.294. The first-order valence-corrected chi connectivity index (χ1v) is 13.7. The standard InChI is InChI=1S/C28H23Cl2F3N2O5/c29-19-2-1-3-20(30)22(19)24-23(25(40-34-24)13-4-5-13)27(38)39-17-11-15-7-8-16(12-17)35(15)21-9-6-14(26(36)37)10-18(21)28(31,32)33/h1-3,6,9-10,13,15-17H,4-5,7-8,11-12H2,(H,36,37). The van der Waals surface area contributed by atoms with Crippen molar-refractivity contribution < 1.29 is 37.1 Å². The van der Waals surface area contributed by atoms with Crippen LogP contribution in [0.4, 0.5) is 18.9 Å². The Hall–Kier alpha value is -3.24. The Balaban J connectivity index is 1.26. The number of hydrogen-bond acceptors (Lipinski definition) is 6. The van der Waals surface area contributed by atoms with Gasteiger partial charge in [0.1, 0.15) is 17.4 Å². The minimum absolute atomic E-state index is 0.0395. The topological polar surface area (TPSA) is 92.9 Å². The van der Waals surface area contributed by atoms with Gasteiger partial charge in [-0.2, -0.15) is 13.2 Å². The molecule has 3 heterocycles. The Kier molecular flexibility index (Phi) is 6.73. The lowest BCUT2D eigenvalue weighted by atomic mass is 9.96. The van der Waals surface area contributed by atoms with Crippen LogP contribution < -0.4 is 4.90 Å². The van der Waals surface area contributed by atoms with E-state index in [9.17, 15) is 27.9 Å². The number of benzene rings is 2. The second-order valence-electron chi connectivity index (χ2n) is 10.5. The molecule has 40 heavy (non-hydrogen) atoms. The molecule has 1 saturated carbocycles. The van der Waals surface area contributed by atoms with Crippen molar-refractivity contribution in [2.75, 3.05) is 4.90 Å². The van der Waals surface area contributed by atoms with Crippen molar-refractivity contribution in [1.29, 1.82) is 0 Å². The number of rotatable bonds is 6. The molecule has 2 aromatic carbocycles. The summed E-state index contributed by atoms with van der Waals surface area (Å²) in [5, 5.41) is 14.0. The highest BCUT2D eigenvalue weighted by Crippen LogP contribution is 2.48. The zero-order valence-corrected chi connectivity index (χ0v) is 22.4. The highest BCUT2D eigenvalue weighted by atomic mass is 35.5. The maximum Gasteiger partial charge on any atom is 0.418 e. The predicted octanol–water partition coefficient (Wildman–Crippen LogP) is 7.60. The molecule has 3 aromatic rings. The maximum atomic E-state index is 13.9. The van der Waals surface area contributed by atoms with Crippen molar-refractivity contribution >= 4 is 40.8 Å². The van der Waals surface area contributed by atoms with Gasteiger partial charge >= 0.3 is 18.1 Å². The minimum Gasteiger partial charge on any atom is -0.478 e. The molecule has 210 valence electrons. The van der Waals surface area contributed by atoms with E-state index in [1.807, 2.05) is 0 Å². The number of halogens is 5. The molecule has 7 nitrogen and oxygen atoms in total. The second-order valence-corrected chi connectivity index (χ2v) is 11.3. The Morgan fingerprint density at radius 2 is 1.68 bits per heavy atom. The van der Waals surface area contributed by atoms with E-state index in [-0.39, 0.29) is 34.9 Å². The number of aromatic nitrogens is 1. The number of carbonyl (C=O) groups excluding carboxylic acids is 1. The van der Waals surface area contributed by atoms with E-state index in [1.165, 1.54) is 12.1 Å². The van der Waals surface area contributed by atoms with E-state index in [1.54, 1.807) is 23.1 Å². The normalized spacial score (nSPS) is 22.4. The molecule has 2 aliphatic heterocycles. The van der Waals surface area contributed by atoms with Gasteiger partial charge in [-0.25, -0.2) is 9.59 Å². The average Bonchev–Trinajstić information content (AvgIpc) is 3.58. The summed E-state index contributed by atoms with van der Waals surface area (Å²) in [6, 6.07) is 7.41. The van der Waals surface area contributed by atoms with Crippen LogP contribution in [-0.4, -0.2) is 40.4 Å². The number of ether oxygens (including phenoxy) is 1. The molecule has 3 aliphatic rings. The third-order valence-corrected chi connectivity index (χ3v) is 8.49. The van der Waals surface area contributed by atoms with E-state index in [0.29, 0.717) is 53.1 Å². The van der Waals surface area contributed by atoms with E-state index < -0.39 is 35.3 Å². The van der Waals surface area contributed by atoms with Crippen LogP contribution in [0.5, 0.6) is 0 Å². The fraction of sp³-hybridized carbons (Fsp3) is 0.393. The van der Waals surface area contributed by atoms with E-state index in [2.05, 4.69) is 5.16 Å². The monoisotopic (exact) mass is 594 g/mol. The molecule has 2 saturated heterocycles. The molecule has 3 fully saturated rings. The number of nitrogens with zero attached hydrogens (tertiary/aromatic N) is 2. The molecule has 2 unspecified atom stereocenters. The smallest absolute Gasteiger partial charge is 0.418 e. The minimum atomic E-state index is -4.73. The molecular weight excluding hydrogens is 572 g/mol. The number of carbonyl (C=O) groups is 2. The second kappa shape index (κ2) is 9.99. The van der Waals surface area contributed by atoms with Gasteiger partial charge in [-0.05, 0) is 56.0 Å². The van der Waals surface area contributed by atoms with Gasteiger partial charge in [0, 0.05) is 42.1 Å². The van der Waals surface area contributed by atoms with Crippen LogP contribution in [0.3, 0.4) is 0 Å². The summed E-state index contributed by atoms with van der Waals surface area (Å²) >= 11 is 12.8. The van der Waals surface area contributed by atoms with Gasteiger partial charge in [-0.15, -0.1) is 0 Å². The molecule has 2 atom stereocenters. The van der Waals surface area contributed by atoms with Crippen LogP contribution in [0.1, 0.15) is 76.5 Å². The summed E-state index contributed by atoms with van der Waals surface area (Å²) in [5.41, 5.74) is -0.721. The van der Waals surface area contributed by atoms with Gasteiger partial charge < -0.3 is 19.3 Å². The number of aromatic carboxylic acids is 1. The first-order chi connectivity index (χ1) is 19.0. The largest absolute Gasteiger partial charge is 0.478 e. The van der Waals surface area contributed by atoms with Gasteiger partial charge in [0.05, 0.1) is 21.2 Å². The molecule has 6 rings (SSSR count). The summed E-state index contributed by atoms with van der Waals surface area (Å²) < 4.78 is 53.4. The first kappa shape index (κ1) is 27.0. The average molecular weight is 595 g/mol. The Morgan fingerprint density at radius 1 is 1.02 bits per heavy atom. The highest BCUT2D eigenvalue weighted by molar-refractivity contribution is 6.39. The Bertz CT molecular complexity index is 1470. The van der Waals surface area contributed by atoms with Crippen LogP contribution in [-0.2, 0) is 10.9 Å². The summed E-state index contributed by atoms with van der Waals surface area (Å²) in [6.45, 7) is 0. The lowest BCUT2D eigenvalue weighted by Crippen LogP contribution is -2.46. The van der Waals surface area contributed by atoms with E-state index in [0.717, 1.165) is 12.8 Å². The van der Waals surface area contributed by atoms with Crippen molar-refractivity contribution in [2.24, 2.45) is 0 Å². The molecular formula is C28H23Cl2F3N2O5. The van der Waals surface area contributed by atoms with Crippen molar-refractivity contribution in [3.63, 3.8) is 0 Å². The summed E-state index contributed by atoms with van der Waals surface area (Å²) in [5.74, 6) is -1.60. The number of alkyl halides is 3. The van der Waals surface area contributed by atoms with Gasteiger partial charge in [-0.3, -0.25) is 0 Å². The van der Waals surface area contributed by atoms with Gasteiger partial charge in [0.25, 0.3) is 0 Å². The molecule has 0 spiro atoms. The van der Waals surface area contributed by atoms with Crippen LogP contribution in [0, 0.1) is 0 Å². The van der Waals surface area contributed by atoms with E-state index >= 15 is 0 Å². The van der Waals surface area contributed by atoms with Crippen molar-refractivity contribution in [3.8, 4) is 11.3 Å². The molecule has 1 aromatic heterocycles. The van der Waals surface area contributed by atoms with E-state index in [4.69, 9.17) is 32.5 Å². The van der Waals surface area contributed by atoms with Gasteiger partial charge in [0.2, 0.25) is 0 Å². The molecule has 1 aliphatic carbocycles. The number of hydrogen-bond donors (Lipinski definition) is 1. The van der Waals surface area contributed by atoms with Gasteiger partial charge in [0.15, 0.2) is 5.76 Å². The predicted molar refractivity (Wildman–Crippen MR) is 140 cm³/mol.